The number of aliphatic hydroxyl groups is 1. The zero-order chi connectivity index (χ0) is 14.6. The SMILES string of the molecule is CCOCCOCC(O)CNCCN(C)C1CCCC1. The Morgan fingerprint density at radius 1 is 1.25 bits per heavy atom. The van der Waals surface area contributed by atoms with Gasteiger partial charge in [-0.1, -0.05) is 12.8 Å². The first-order chi connectivity index (χ1) is 9.74. The lowest BCUT2D eigenvalue weighted by Crippen LogP contribution is -2.38. The van der Waals surface area contributed by atoms with E-state index < -0.39 is 6.10 Å². The molecule has 1 saturated carbocycles. The second-order valence-corrected chi connectivity index (χ2v) is 5.55. The van der Waals surface area contributed by atoms with Gasteiger partial charge in [-0.25, -0.2) is 0 Å². The molecule has 1 aliphatic rings. The molecule has 20 heavy (non-hydrogen) atoms. The zero-order valence-corrected chi connectivity index (χ0v) is 13.1. The van der Waals surface area contributed by atoms with Gasteiger partial charge in [-0.2, -0.15) is 0 Å². The van der Waals surface area contributed by atoms with E-state index in [0.717, 1.165) is 19.1 Å². The van der Waals surface area contributed by atoms with Crippen molar-refractivity contribution in [3.05, 3.63) is 0 Å². The quantitative estimate of drug-likeness (QED) is 0.522. The molecule has 0 aliphatic heterocycles. The van der Waals surface area contributed by atoms with E-state index in [4.69, 9.17) is 9.47 Å². The Bertz CT molecular complexity index is 223. The third-order valence-corrected chi connectivity index (χ3v) is 3.86. The number of hydrogen-bond donors (Lipinski definition) is 2. The second-order valence-electron chi connectivity index (χ2n) is 5.55. The summed E-state index contributed by atoms with van der Waals surface area (Å²) in [6, 6.07) is 0.767. The molecule has 2 N–H and O–H groups in total. The second kappa shape index (κ2) is 11.5. The Hall–Kier alpha value is -0.200. The van der Waals surface area contributed by atoms with E-state index in [1.165, 1.54) is 25.7 Å². The molecule has 0 spiro atoms. The summed E-state index contributed by atoms with van der Waals surface area (Å²) in [5.41, 5.74) is 0. The fourth-order valence-electron chi connectivity index (χ4n) is 2.59. The summed E-state index contributed by atoms with van der Waals surface area (Å²) in [6.07, 6.45) is 4.99. The lowest BCUT2D eigenvalue weighted by atomic mass is 10.2. The van der Waals surface area contributed by atoms with Crippen molar-refractivity contribution in [2.75, 3.05) is 53.1 Å². The maximum Gasteiger partial charge on any atom is 0.0897 e. The monoisotopic (exact) mass is 288 g/mol. The average molecular weight is 288 g/mol. The standard InChI is InChI=1S/C15H32N2O3/c1-3-19-10-11-20-13-15(18)12-16-8-9-17(2)14-6-4-5-7-14/h14-16,18H,3-13H2,1-2H3. The van der Waals surface area contributed by atoms with Crippen molar-refractivity contribution in [3.8, 4) is 0 Å². The molecule has 0 aromatic heterocycles. The van der Waals surface area contributed by atoms with Crippen molar-refractivity contribution >= 4 is 0 Å². The molecule has 0 amide bonds. The van der Waals surface area contributed by atoms with Crippen LogP contribution >= 0.6 is 0 Å². The van der Waals surface area contributed by atoms with E-state index in [9.17, 15) is 5.11 Å². The van der Waals surface area contributed by atoms with Gasteiger partial charge >= 0.3 is 0 Å². The molecule has 0 heterocycles. The molecular weight excluding hydrogens is 256 g/mol. The Balaban J connectivity index is 1.89. The number of hydrogen-bond acceptors (Lipinski definition) is 5. The molecule has 1 unspecified atom stereocenters. The van der Waals surface area contributed by atoms with Gasteiger partial charge in [0.1, 0.15) is 0 Å². The van der Waals surface area contributed by atoms with Crippen LogP contribution in [0.1, 0.15) is 32.6 Å². The third-order valence-electron chi connectivity index (χ3n) is 3.86. The molecule has 5 heteroatoms. The van der Waals surface area contributed by atoms with Crippen LogP contribution in [0.3, 0.4) is 0 Å². The molecule has 5 nitrogen and oxygen atoms in total. The van der Waals surface area contributed by atoms with E-state index in [1.54, 1.807) is 0 Å². The first-order valence-electron chi connectivity index (χ1n) is 7.98. The zero-order valence-electron chi connectivity index (χ0n) is 13.1. The summed E-state index contributed by atoms with van der Waals surface area (Å²) < 4.78 is 10.5. The highest BCUT2D eigenvalue weighted by Crippen LogP contribution is 2.21. The number of nitrogens with one attached hydrogen (secondary N) is 1. The van der Waals surface area contributed by atoms with Crippen molar-refractivity contribution in [2.45, 2.75) is 44.8 Å². The summed E-state index contributed by atoms with van der Waals surface area (Å²) in [5, 5.41) is 13.0. The average Bonchev–Trinajstić information content (AvgIpc) is 2.97. The Morgan fingerprint density at radius 3 is 2.65 bits per heavy atom. The van der Waals surface area contributed by atoms with Crippen LogP contribution in [0.5, 0.6) is 0 Å². The summed E-state index contributed by atoms with van der Waals surface area (Å²) in [4.78, 5) is 2.44. The molecule has 0 bridgehead atoms. The van der Waals surface area contributed by atoms with Crippen LogP contribution < -0.4 is 5.32 Å². The minimum atomic E-state index is -0.437. The first-order valence-corrected chi connectivity index (χ1v) is 7.98. The number of aliphatic hydroxyl groups excluding tert-OH is 1. The Labute approximate surface area is 123 Å². The van der Waals surface area contributed by atoms with E-state index in [0.29, 0.717) is 33.0 Å². The van der Waals surface area contributed by atoms with Gasteiger partial charge < -0.3 is 24.8 Å². The van der Waals surface area contributed by atoms with Crippen molar-refractivity contribution in [3.63, 3.8) is 0 Å². The lowest BCUT2D eigenvalue weighted by molar-refractivity contribution is 0.00641. The summed E-state index contributed by atoms with van der Waals surface area (Å²) in [6.45, 7) is 6.75. The van der Waals surface area contributed by atoms with Gasteiger partial charge in [0, 0.05) is 32.3 Å². The van der Waals surface area contributed by atoms with Crippen LogP contribution in [0, 0.1) is 0 Å². The predicted octanol–water partition coefficient (Wildman–Crippen LogP) is 0.864. The Kier molecular flexibility index (Phi) is 10.2. The highest BCUT2D eigenvalue weighted by Gasteiger charge is 2.18. The predicted molar refractivity (Wildman–Crippen MR) is 81.1 cm³/mol. The van der Waals surface area contributed by atoms with Crippen molar-refractivity contribution in [1.82, 2.24) is 10.2 Å². The van der Waals surface area contributed by atoms with Crippen molar-refractivity contribution in [1.29, 1.82) is 0 Å². The topological polar surface area (TPSA) is 54.0 Å². The molecular formula is C15H32N2O3. The first kappa shape index (κ1) is 17.9. The van der Waals surface area contributed by atoms with E-state index >= 15 is 0 Å². The fraction of sp³-hybridized carbons (Fsp3) is 1.00. The molecule has 0 aromatic carbocycles. The van der Waals surface area contributed by atoms with Gasteiger partial charge in [-0.15, -0.1) is 0 Å². The van der Waals surface area contributed by atoms with Crippen LogP contribution in [0.25, 0.3) is 0 Å². The number of likely N-dealkylation sites (N-methyl/N-ethyl adjacent to an activating group) is 1. The lowest BCUT2D eigenvalue weighted by Gasteiger charge is -2.24. The van der Waals surface area contributed by atoms with Gasteiger partial charge in [0.05, 0.1) is 25.9 Å². The Morgan fingerprint density at radius 2 is 1.95 bits per heavy atom. The summed E-state index contributed by atoms with van der Waals surface area (Å²) in [7, 11) is 2.20. The smallest absolute Gasteiger partial charge is 0.0897 e. The third kappa shape index (κ3) is 8.17. The van der Waals surface area contributed by atoms with Gasteiger partial charge in [0.15, 0.2) is 0 Å². The van der Waals surface area contributed by atoms with E-state index in [-0.39, 0.29) is 0 Å². The highest BCUT2D eigenvalue weighted by atomic mass is 16.5. The highest BCUT2D eigenvalue weighted by molar-refractivity contribution is 4.75. The molecule has 0 aromatic rings. The van der Waals surface area contributed by atoms with Crippen LogP contribution in [-0.4, -0.2) is 75.3 Å². The maximum absolute atomic E-state index is 9.74. The molecule has 1 aliphatic carbocycles. The van der Waals surface area contributed by atoms with Gasteiger partial charge in [-0.3, -0.25) is 0 Å². The van der Waals surface area contributed by atoms with Gasteiger partial charge in [0.25, 0.3) is 0 Å². The molecule has 1 atom stereocenters. The van der Waals surface area contributed by atoms with Crippen LogP contribution in [0.4, 0.5) is 0 Å². The largest absolute Gasteiger partial charge is 0.389 e. The van der Waals surface area contributed by atoms with E-state index in [2.05, 4.69) is 17.3 Å². The molecule has 1 rings (SSSR count). The normalized spacial score (nSPS) is 18.0. The van der Waals surface area contributed by atoms with Crippen molar-refractivity contribution < 1.29 is 14.6 Å². The van der Waals surface area contributed by atoms with E-state index in [1.807, 2.05) is 6.92 Å². The van der Waals surface area contributed by atoms with Gasteiger partial charge in [0.2, 0.25) is 0 Å². The van der Waals surface area contributed by atoms with Crippen molar-refractivity contribution in [2.24, 2.45) is 0 Å². The minimum absolute atomic E-state index is 0.374. The van der Waals surface area contributed by atoms with Gasteiger partial charge in [-0.05, 0) is 26.8 Å². The minimum Gasteiger partial charge on any atom is -0.389 e. The maximum atomic E-state index is 9.74. The number of rotatable bonds is 12. The molecule has 120 valence electrons. The van der Waals surface area contributed by atoms with Crippen LogP contribution in [0.15, 0.2) is 0 Å². The summed E-state index contributed by atoms with van der Waals surface area (Å²) in [5.74, 6) is 0. The molecule has 0 saturated heterocycles. The number of ether oxygens (including phenoxy) is 2. The molecule has 1 fully saturated rings. The van der Waals surface area contributed by atoms with Crippen LogP contribution in [-0.2, 0) is 9.47 Å². The van der Waals surface area contributed by atoms with Crippen LogP contribution in [0.2, 0.25) is 0 Å². The number of nitrogens with zero attached hydrogens (tertiary/aromatic N) is 1. The fourth-order valence-corrected chi connectivity index (χ4v) is 2.59. The summed E-state index contributed by atoms with van der Waals surface area (Å²) >= 11 is 0. The molecule has 0 radical (unpaired) electrons.